The Labute approximate surface area is 131 Å². The largest absolute Gasteiger partial charge is 0.490 e. The van der Waals surface area contributed by atoms with E-state index in [-0.39, 0.29) is 6.10 Å². The van der Waals surface area contributed by atoms with Gasteiger partial charge in [0, 0.05) is 6.54 Å². The molecule has 1 aromatic rings. The van der Waals surface area contributed by atoms with Crippen molar-refractivity contribution >= 4 is 15.9 Å². The van der Waals surface area contributed by atoms with Gasteiger partial charge in [-0.25, -0.2) is 0 Å². The van der Waals surface area contributed by atoms with Crippen molar-refractivity contribution in [3.8, 4) is 11.5 Å². The number of hydrogen-bond acceptors (Lipinski definition) is 3. The average Bonchev–Trinajstić information content (AvgIpc) is 2.45. The van der Waals surface area contributed by atoms with E-state index in [4.69, 9.17) is 9.47 Å². The van der Waals surface area contributed by atoms with Crippen LogP contribution < -0.4 is 14.8 Å². The van der Waals surface area contributed by atoms with Crippen LogP contribution in [-0.4, -0.2) is 19.3 Å². The Hall–Kier alpha value is -0.740. The Morgan fingerprint density at radius 3 is 2.40 bits per heavy atom. The summed E-state index contributed by atoms with van der Waals surface area (Å²) in [6.07, 6.45) is 2.21. The van der Waals surface area contributed by atoms with E-state index >= 15 is 0 Å². The number of hydrogen-bond donors (Lipinski definition) is 1. The molecule has 0 bridgehead atoms. The zero-order valence-electron chi connectivity index (χ0n) is 13.0. The van der Waals surface area contributed by atoms with E-state index in [9.17, 15) is 0 Å². The number of benzene rings is 1. The zero-order valence-corrected chi connectivity index (χ0v) is 14.5. The molecule has 0 heterocycles. The molecule has 20 heavy (non-hydrogen) atoms. The van der Waals surface area contributed by atoms with E-state index in [2.05, 4.69) is 54.2 Å². The topological polar surface area (TPSA) is 30.5 Å². The minimum absolute atomic E-state index is 0.227. The summed E-state index contributed by atoms with van der Waals surface area (Å²) in [5.41, 5.74) is 1.19. The molecule has 1 rings (SSSR count). The maximum Gasteiger partial charge on any atom is 0.175 e. The van der Waals surface area contributed by atoms with Gasteiger partial charge in [-0.2, -0.15) is 0 Å². The van der Waals surface area contributed by atoms with E-state index in [1.54, 1.807) is 0 Å². The summed E-state index contributed by atoms with van der Waals surface area (Å²) in [7, 11) is 0. The molecule has 114 valence electrons. The smallest absolute Gasteiger partial charge is 0.175 e. The number of halogens is 1. The van der Waals surface area contributed by atoms with Gasteiger partial charge in [-0.3, -0.25) is 0 Å². The summed E-state index contributed by atoms with van der Waals surface area (Å²) >= 11 is 3.61. The van der Waals surface area contributed by atoms with Crippen molar-refractivity contribution in [3.05, 3.63) is 22.2 Å². The van der Waals surface area contributed by atoms with Gasteiger partial charge in [0.1, 0.15) is 0 Å². The molecule has 0 saturated carbocycles. The fourth-order valence-corrected chi connectivity index (χ4v) is 2.57. The molecular weight excluding hydrogens is 318 g/mol. The van der Waals surface area contributed by atoms with Crippen LogP contribution in [0.4, 0.5) is 0 Å². The first-order valence-corrected chi connectivity index (χ1v) is 8.27. The van der Waals surface area contributed by atoms with E-state index in [0.717, 1.165) is 41.9 Å². The van der Waals surface area contributed by atoms with Crippen molar-refractivity contribution < 1.29 is 9.47 Å². The van der Waals surface area contributed by atoms with Gasteiger partial charge in [-0.1, -0.05) is 20.8 Å². The third kappa shape index (κ3) is 4.98. The van der Waals surface area contributed by atoms with Crippen molar-refractivity contribution in [1.29, 1.82) is 0 Å². The Bertz CT molecular complexity index is 406. The zero-order chi connectivity index (χ0) is 15.0. The third-order valence-corrected chi connectivity index (χ3v) is 3.73. The fourth-order valence-electron chi connectivity index (χ4n) is 1.99. The SMILES string of the molecule is CCNCc1cc(Br)c(OC(CC)CC)c(OCC)c1. The van der Waals surface area contributed by atoms with Crippen LogP contribution in [0.15, 0.2) is 16.6 Å². The molecule has 0 unspecified atom stereocenters. The molecule has 0 spiro atoms. The summed E-state index contributed by atoms with van der Waals surface area (Å²) in [5, 5.41) is 3.33. The molecular formula is C16H26BrNO2. The minimum Gasteiger partial charge on any atom is -0.490 e. The van der Waals surface area contributed by atoms with Crippen molar-refractivity contribution in [3.63, 3.8) is 0 Å². The highest BCUT2D eigenvalue weighted by molar-refractivity contribution is 9.10. The molecule has 4 heteroatoms. The van der Waals surface area contributed by atoms with Crippen LogP contribution in [0.2, 0.25) is 0 Å². The molecule has 0 radical (unpaired) electrons. The van der Waals surface area contributed by atoms with Crippen LogP contribution in [0.5, 0.6) is 11.5 Å². The predicted octanol–water partition coefficient (Wildman–Crippen LogP) is 4.52. The normalized spacial score (nSPS) is 10.9. The molecule has 0 amide bonds. The lowest BCUT2D eigenvalue weighted by Crippen LogP contribution is -2.16. The van der Waals surface area contributed by atoms with Crippen molar-refractivity contribution in [2.45, 2.75) is 53.2 Å². The maximum absolute atomic E-state index is 6.09. The maximum atomic E-state index is 6.09. The van der Waals surface area contributed by atoms with E-state index < -0.39 is 0 Å². The molecule has 1 N–H and O–H groups in total. The van der Waals surface area contributed by atoms with Crippen LogP contribution in [0.3, 0.4) is 0 Å². The molecule has 0 fully saturated rings. The summed E-state index contributed by atoms with van der Waals surface area (Å²) in [6.45, 7) is 10.8. The second-order valence-electron chi connectivity index (χ2n) is 4.67. The second-order valence-corrected chi connectivity index (χ2v) is 5.53. The van der Waals surface area contributed by atoms with Gasteiger partial charge in [0.15, 0.2) is 11.5 Å². The standard InChI is InChI=1S/C16H26BrNO2/c1-5-13(6-2)20-16-14(17)9-12(11-18-7-3)10-15(16)19-8-4/h9-10,13,18H,5-8,11H2,1-4H3. The third-order valence-electron chi connectivity index (χ3n) is 3.14. The van der Waals surface area contributed by atoms with E-state index in [1.165, 1.54) is 5.56 Å². The van der Waals surface area contributed by atoms with E-state index in [0.29, 0.717) is 6.61 Å². The highest BCUT2D eigenvalue weighted by atomic mass is 79.9. The van der Waals surface area contributed by atoms with Crippen LogP contribution in [0.25, 0.3) is 0 Å². The first-order chi connectivity index (χ1) is 9.65. The Balaban J connectivity index is 3.01. The summed E-state index contributed by atoms with van der Waals surface area (Å²) < 4.78 is 12.8. The van der Waals surface area contributed by atoms with Crippen LogP contribution in [0, 0.1) is 0 Å². The fraction of sp³-hybridized carbons (Fsp3) is 0.625. The Kier molecular flexibility index (Phi) is 8.00. The number of nitrogens with one attached hydrogen (secondary N) is 1. The molecule has 0 atom stereocenters. The lowest BCUT2D eigenvalue weighted by Gasteiger charge is -2.20. The van der Waals surface area contributed by atoms with Gasteiger partial charge in [0.2, 0.25) is 0 Å². The average molecular weight is 344 g/mol. The molecule has 0 aliphatic heterocycles. The van der Waals surface area contributed by atoms with Crippen molar-refractivity contribution in [2.24, 2.45) is 0 Å². The predicted molar refractivity (Wildman–Crippen MR) is 87.7 cm³/mol. The lowest BCUT2D eigenvalue weighted by atomic mass is 10.2. The van der Waals surface area contributed by atoms with Gasteiger partial charge in [-0.05, 0) is 59.9 Å². The summed E-state index contributed by atoms with van der Waals surface area (Å²) in [6, 6.07) is 4.16. The second kappa shape index (κ2) is 9.24. The Morgan fingerprint density at radius 2 is 1.85 bits per heavy atom. The van der Waals surface area contributed by atoms with Gasteiger partial charge in [0.05, 0.1) is 17.2 Å². The molecule has 0 aromatic heterocycles. The highest BCUT2D eigenvalue weighted by Crippen LogP contribution is 2.38. The van der Waals surface area contributed by atoms with Gasteiger partial charge in [-0.15, -0.1) is 0 Å². The summed E-state index contributed by atoms with van der Waals surface area (Å²) in [5.74, 6) is 1.64. The van der Waals surface area contributed by atoms with Crippen LogP contribution in [0.1, 0.15) is 46.1 Å². The van der Waals surface area contributed by atoms with Crippen LogP contribution in [-0.2, 0) is 6.54 Å². The summed E-state index contributed by atoms with van der Waals surface area (Å²) in [4.78, 5) is 0. The molecule has 0 aliphatic carbocycles. The molecule has 3 nitrogen and oxygen atoms in total. The monoisotopic (exact) mass is 343 g/mol. The van der Waals surface area contributed by atoms with E-state index in [1.807, 2.05) is 6.92 Å². The van der Waals surface area contributed by atoms with Crippen molar-refractivity contribution in [1.82, 2.24) is 5.32 Å². The molecule has 1 aromatic carbocycles. The van der Waals surface area contributed by atoms with Gasteiger partial charge in [0.25, 0.3) is 0 Å². The van der Waals surface area contributed by atoms with Gasteiger partial charge < -0.3 is 14.8 Å². The first-order valence-electron chi connectivity index (χ1n) is 7.48. The van der Waals surface area contributed by atoms with Gasteiger partial charge >= 0.3 is 0 Å². The highest BCUT2D eigenvalue weighted by Gasteiger charge is 2.15. The van der Waals surface area contributed by atoms with Crippen LogP contribution >= 0.6 is 15.9 Å². The quantitative estimate of drug-likeness (QED) is 0.714. The van der Waals surface area contributed by atoms with Crippen molar-refractivity contribution in [2.75, 3.05) is 13.2 Å². The first kappa shape index (κ1) is 17.3. The lowest BCUT2D eigenvalue weighted by molar-refractivity contribution is 0.180. The molecule has 0 saturated heterocycles. The minimum atomic E-state index is 0.227. The number of ether oxygens (including phenoxy) is 2. The Morgan fingerprint density at radius 1 is 1.15 bits per heavy atom. The molecule has 0 aliphatic rings. The number of rotatable bonds is 9.